The molecule has 0 bridgehead atoms. The number of carbonyl (C=O) groups excluding carboxylic acids is 2. The molecule has 0 spiro atoms. The van der Waals surface area contributed by atoms with Gasteiger partial charge in [-0.15, -0.1) is 0 Å². The molecular formula is C20H33N5O2. The third kappa shape index (κ3) is 5.66. The molecule has 1 aromatic heterocycles. The molecule has 1 fully saturated rings. The van der Waals surface area contributed by atoms with E-state index >= 15 is 0 Å². The number of pyridine rings is 1. The van der Waals surface area contributed by atoms with Crippen molar-refractivity contribution in [3.63, 3.8) is 0 Å². The van der Waals surface area contributed by atoms with Gasteiger partial charge in [-0.25, -0.2) is 4.98 Å². The second-order valence-corrected chi connectivity index (χ2v) is 7.27. The van der Waals surface area contributed by atoms with E-state index in [4.69, 9.17) is 0 Å². The van der Waals surface area contributed by atoms with Crippen LogP contribution in [0.1, 0.15) is 50.9 Å². The lowest BCUT2D eigenvalue weighted by Gasteiger charge is -2.30. The van der Waals surface area contributed by atoms with Crippen LogP contribution in [0.25, 0.3) is 0 Å². The largest absolute Gasteiger partial charge is 0.352 e. The Balaban J connectivity index is 2.33. The third-order valence-electron chi connectivity index (χ3n) is 4.59. The first-order chi connectivity index (χ1) is 13.0. The first kappa shape index (κ1) is 21.2. The molecule has 1 aromatic rings. The minimum Gasteiger partial charge on any atom is -0.352 e. The van der Waals surface area contributed by atoms with Gasteiger partial charge in [-0.3, -0.25) is 9.59 Å². The topological polar surface area (TPSA) is 77.6 Å². The van der Waals surface area contributed by atoms with E-state index in [1.807, 2.05) is 18.7 Å². The Kier molecular flexibility index (Phi) is 8.03. The highest BCUT2D eigenvalue weighted by atomic mass is 16.2. The van der Waals surface area contributed by atoms with Crippen LogP contribution in [0.2, 0.25) is 0 Å². The standard InChI is InChI=1S/C20H33N5O2/c1-5-9-25(10-6-2)20(27)16-13-17(23-19(26)15(3)4)18(22-14-16)24-11-7-21-8-12-24/h13-15,21H,5-12H2,1-4H3,(H,23,26). The van der Waals surface area contributed by atoms with Gasteiger partial charge in [0.15, 0.2) is 5.82 Å². The summed E-state index contributed by atoms with van der Waals surface area (Å²) in [7, 11) is 0. The number of anilines is 2. The number of nitrogens with zero attached hydrogens (tertiary/aromatic N) is 3. The maximum Gasteiger partial charge on any atom is 0.255 e. The van der Waals surface area contributed by atoms with Gasteiger partial charge in [0.1, 0.15) is 0 Å². The summed E-state index contributed by atoms with van der Waals surface area (Å²) in [5, 5.41) is 6.29. The van der Waals surface area contributed by atoms with Gasteiger partial charge in [0.05, 0.1) is 11.3 Å². The van der Waals surface area contributed by atoms with E-state index in [2.05, 4.69) is 34.4 Å². The summed E-state index contributed by atoms with van der Waals surface area (Å²) in [4.78, 5) is 33.8. The zero-order valence-corrected chi connectivity index (χ0v) is 17.0. The van der Waals surface area contributed by atoms with Crippen LogP contribution in [0.15, 0.2) is 12.3 Å². The molecule has 0 radical (unpaired) electrons. The van der Waals surface area contributed by atoms with E-state index in [0.717, 1.165) is 57.9 Å². The van der Waals surface area contributed by atoms with Crippen LogP contribution in [-0.2, 0) is 4.79 Å². The van der Waals surface area contributed by atoms with Crippen molar-refractivity contribution in [1.82, 2.24) is 15.2 Å². The first-order valence-electron chi connectivity index (χ1n) is 10.0. The molecule has 0 aliphatic carbocycles. The van der Waals surface area contributed by atoms with E-state index in [-0.39, 0.29) is 17.7 Å². The normalized spacial score (nSPS) is 14.3. The lowest BCUT2D eigenvalue weighted by molar-refractivity contribution is -0.118. The Bertz CT molecular complexity index is 635. The molecule has 0 unspecified atom stereocenters. The number of nitrogens with one attached hydrogen (secondary N) is 2. The van der Waals surface area contributed by atoms with Crippen molar-refractivity contribution in [2.45, 2.75) is 40.5 Å². The molecule has 2 rings (SSSR count). The lowest BCUT2D eigenvalue weighted by atomic mass is 10.1. The minimum absolute atomic E-state index is 0.0295. The average Bonchev–Trinajstić information content (AvgIpc) is 2.67. The molecule has 150 valence electrons. The molecule has 7 heteroatoms. The number of piperazine rings is 1. The summed E-state index contributed by atoms with van der Waals surface area (Å²) >= 11 is 0. The molecule has 0 aromatic carbocycles. The zero-order chi connectivity index (χ0) is 19.8. The molecule has 2 heterocycles. The Morgan fingerprint density at radius 1 is 1.22 bits per heavy atom. The molecule has 2 N–H and O–H groups in total. The van der Waals surface area contributed by atoms with Crippen molar-refractivity contribution < 1.29 is 9.59 Å². The molecule has 1 aliphatic heterocycles. The number of aromatic nitrogens is 1. The van der Waals surface area contributed by atoms with Gasteiger partial charge in [0, 0.05) is 51.4 Å². The van der Waals surface area contributed by atoms with Crippen molar-refractivity contribution in [2.75, 3.05) is 49.5 Å². The Labute approximate surface area is 162 Å². The van der Waals surface area contributed by atoms with Gasteiger partial charge in [-0.05, 0) is 18.9 Å². The van der Waals surface area contributed by atoms with Crippen LogP contribution in [0.5, 0.6) is 0 Å². The van der Waals surface area contributed by atoms with E-state index in [0.29, 0.717) is 11.3 Å². The van der Waals surface area contributed by atoms with Crippen LogP contribution in [-0.4, -0.2) is 61.0 Å². The average molecular weight is 376 g/mol. The highest BCUT2D eigenvalue weighted by Crippen LogP contribution is 2.26. The Hall–Kier alpha value is -2.15. The van der Waals surface area contributed by atoms with E-state index < -0.39 is 0 Å². The van der Waals surface area contributed by atoms with Crippen LogP contribution in [0.4, 0.5) is 11.5 Å². The van der Waals surface area contributed by atoms with Gasteiger partial charge < -0.3 is 20.4 Å². The molecule has 27 heavy (non-hydrogen) atoms. The highest BCUT2D eigenvalue weighted by Gasteiger charge is 2.22. The highest BCUT2D eigenvalue weighted by molar-refractivity contribution is 5.99. The number of carbonyl (C=O) groups is 2. The fourth-order valence-electron chi connectivity index (χ4n) is 3.11. The van der Waals surface area contributed by atoms with E-state index in [1.165, 1.54) is 0 Å². The molecule has 1 saturated heterocycles. The summed E-state index contributed by atoms with van der Waals surface area (Å²) < 4.78 is 0. The summed E-state index contributed by atoms with van der Waals surface area (Å²) in [6, 6.07) is 1.78. The third-order valence-corrected chi connectivity index (χ3v) is 4.59. The van der Waals surface area contributed by atoms with Crippen molar-refractivity contribution in [3.8, 4) is 0 Å². The summed E-state index contributed by atoms with van der Waals surface area (Å²) in [6.07, 6.45) is 3.47. The van der Waals surface area contributed by atoms with Crippen molar-refractivity contribution in [1.29, 1.82) is 0 Å². The second-order valence-electron chi connectivity index (χ2n) is 7.27. The first-order valence-corrected chi connectivity index (χ1v) is 10.0. The van der Waals surface area contributed by atoms with Crippen molar-refractivity contribution in [3.05, 3.63) is 17.8 Å². The maximum absolute atomic E-state index is 12.9. The number of rotatable bonds is 8. The van der Waals surface area contributed by atoms with Crippen molar-refractivity contribution >= 4 is 23.3 Å². The SMILES string of the molecule is CCCN(CCC)C(=O)c1cnc(N2CCNCC2)c(NC(=O)C(C)C)c1. The van der Waals surface area contributed by atoms with Gasteiger partial charge >= 0.3 is 0 Å². The number of hydrogen-bond donors (Lipinski definition) is 2. The zero-order valence-electron chi connectivity index (χ0n) is 17.0. The quantitative estimate of drug-likeness (QED) is 0.729. The van der Waals surface area contributed by atoms with Gasteiger partial charge in [-0.2, -0.15) is 0 Å². The second kappa shape index (κ2) is 10.3. The molecule has 0 atom stereocenters. The summed E-state index contributed by atoms with van der Waals surface area (Å²) in [6.45, 7) is 12.7. The van der Waals surface area contributed by atoms with Gasteiger partial charge in [0.25, 0.3) is 5.91 Å². The van der Waals surface area contributed by atoms with Crippen LogP contribution in [0.3, 0.4) is 0 Å². The van der Waals surface area contributed by atoms with Gasteiger partial charge in [-0.1, -0.05) is 27.7 Å². The molecule has 2 amide bonds. The summed E-state index contributed by atoms with van der Waals surface area (Å²) in [5.74, 6) is 0.492. The predicted octanol–water partition coefficient (Wildman–Crippen LogP) is 2.35. The van der Waals surface area contributed by atoms with Crippen LogP contribution >= 0.6 is 0 Å². The fourth-order valence-corrected chi connectivity index (χ4v) is 3.11. The van der Waals surface area contributed by atoms with E-state index in [1.54, 1.807) is 12.3 Å². The molecule has 0 saturated carbocycles. The predicted molar refractivity (Wildman–Crippen MR) is 109 cm³/mol. The molecule has 7 nitrogen and oxygen atoms in total. The van der Waals surface area contributed by atoms with Crippen LogP contribution < -0.4 is 15.5 Å². The maximum atomic E-state index is 12.9. The van der Waals surface area contributed by atoms with Gasteiger partial charge in [0.2, 0.25) is 5.91 Å². The summed E-state index contributed by atoms with van der Waals surface area (Å²) in [5.41, 5.74) is 1.14. The Morgan fingerprint density at radius 3 is 2.41 bits per heavy atom. The van der Waals surface area contributed by atoms with E-state index in [9.17, 15) is 9.59 Å². The Morgan fingerprint density at radius 2 is 1.85 bits per heavy atom. The molecular weight excluding hydrogens is 342 g/mol. The number of amides is 2. The molecule has 1 aliphatic rings. The van der Waals surface area contributed by atoms with Crippen molar-refractivity contribution in [2.24, 2.45) is 5.92 Å². The van der Waals surface area contributed by atoms with Crippen LogP contribution in [0, 0.1) is 5.92 Å². The lowest BCUT2D eigenvalue weighted by Crippen LogP contribution is -2.44. The smallest absolute Gasteiger partial charge is 0.255 e. The fraction of sp³-hybridized carbons (Fsp3) is 0.650. The number of hydrogen-bond acceptors (Lipinski definition) is 5. The monoisotopic (exact) mass is 375 g/mol. The minimum atomic E-state index is -0.142.